The zero-order valence-corrected chi connectivity index (χ0v) is 23.9. The van der Waals surface area contributed by atoms with Gasteiger partial charge in [0, 0.05) is 33.5 Å². The number of hydrogen-bond donors (Lipinski definition) is 1. The summed E-state index contributed by atoms with van der Waals surface area (Å²) in [6, 6.07) is 12.7. The predicted molar refractivity (Wildman–Crippen MR) is 154 cm³/mol. The molecule has 10 nitrogen and oxygen atoms in total. The summed E-state index contributed by atoms with van der Waals surface area (Å²) in [6.45, 7) is -0.531. The molecule has 2 aromatic heterocycles. The number of thiophene rings is 1. The third kappa shape index (κ3) is 5.14. The number of rotatable bonds is 6. The van der Waals surface area contributed by atoms with Crippen molar-refractivity contribution in [3.05, 3.63) is 101 Å². The number of fused-ring (bicyclic) bond motifs is 2. The number of carbonyl (C=O) groups excluding carboxylic acids is 3. The maximum absolute atomic E-state index is 13.8. The van der Waals surface area contributed by atoms with Gasteiger partial charge in [0.1, 0.15) is 11.8 Å². The van der Waals surface area contributed by atoms with E-state index >= 15 is 0 Å². The van der Waals surface area contributed by atoms with Crippen LogP contribution in [-0.2, 0) is 27.1 Å². The molecule has 0 aliphatic carbocycles. The lowest BCUT2D eigenvalue weighted by Gasteiger charge is -2.29. The number of nitrogens with one attached hydrogen (secondary N) is 1. The Morgan fingerprint density at radius 1 is 1.02 bits per heavy atom. The van der Waals surface area contributed by atoms with Gasteiger partial charge in [-0.25, -0.2) is 4.90 Å². The Kier molecular flexibility index (Phi) is 7.22. The van der Waals surface area contributed by atoms with Gasteiger partial charge in [-0.05, 0) is 41.8 Å². The van der Waals surface area contributed by atoms with Crippen molar-refractivity contribution in [3.8, 4) is 0 Å². The number of aromatic nitrogens is 1. The number of halogens is 3. The lowest BCUT2D eigenvalue weighted by molar-refractivity contribution is -0.384. The smallest absolute Gasteiger partial charge is 0.325 e. The van der Waals surface area contributed by atoms with Gasteiger partial charge in [-0.3, -0.25) is 33.9 Å². The highest BCUT2D eigenvalue weighted by Gasteiger charge is 2.57. The molecule has 1 N–H and O–H groups in total. The van der Waals surface area contributed by atoms with Crippen molar-refractivity contribution in [2.75, 3.05) is 10.2 Å². The maximum Gasteiger partial charge on any atom is 0.416 e. The Balaban J connectivity index is 1.34. The number of anilines is 2. The van der Waals surface area contributed by atoms with Gasteiger partial charge in [-0.2, -0.15) is 13.2 Å². The molecule has 0 bridgehead atoms. The first-order valence-electron chi connectivity index (χ1n) is 12.5. The van der Waals surface area contributed by atoms with Crippen LogP contribution in [0.15, 0.2) is 75.9 Å². The molecule has 0 radical (unpaired) electrons. The van der Waals surface area contributed by atoms with Crippen LogP contribution >= 0.6 is 34.4 Å². The van der Waals surface area contributed by atoms with Crippen LogP contribution < -0.4 is 15.1 Å². The minimum atomic E-state index is -4.61. The average Bonchev–Trinajstić information content (AvgIpc) is 3.66. The third-order valence-electron chi connectivity index (χ3n) is 6.99. The van der Waals surface area contributed by atoms with Gasteiger partial charge in [0.15, 0.2) is 0 Å². The van der Waals surface area contributed by atoms with Crippen LogP contribution in [0.3, 0.4) is 0 Å². The number of benzene rings is 2. The summed E-state index contributed by atoms with van der Waals surface area (Å²) in [7, 11) is 0. The Hall–Kier alpha value is -4.28. The first-order valence-corrected chi connectivity index (χ1v) is 15.0. The number of non-ortho nitro benzene ring substituents is 1. The summed E-state index contributed by atoms with van der Waals surface area (Å²) in [5, 5.41) is 14.6. The Bertz CT molecular complexity index is 1840. The molecule has 220 valence electrons. The molecule has 1 fully saturated rings. The van der Waals surface area contributed by atoms with Crippen molar-refractivity contribution < 1.29 is 32.5 Å². The highest BCUT2D eigenvalue weighted by molar-refractivity contribution is 8.00. The largest absolute Gasteiger partial charge is 0.416 e. The van der Waals surface area contributed by atoms with Crippen LogP contribution in [0.2, 0.25) is 0 Å². The highest BCUT2D eigenvalue weighted by Crippen LogP contribution is 2.54. The third-order valence-corrected chi connectivity index (χ3v) is 10.6. The first-order chi connectivity index (χ1) is 20.4. The lowest BCUT2D eigenvalue weighted by atomic mass is 9.87. The molecule has 2 unspecified atom stereocenters. The van der Waals surface area contributed by atoms with Crippen LogP contribution in [-0.4, -0.2) is 32.5 Å². The minimum absolute atomic E-state index is 0.101. The second kappa shape index (κ2) is 10.8. The SMILES string of the molecule is O=C(Cn1c2c(sc1=O)[C@H](c1cccs1)C1C(=O)N(c3ccc([N+](=O)[O-])cc3)C(=O)C1S2)Nc1cccc(C(F)(F)F)c1. The fraction of sp³-hybridized carbons (Fsp3) is 0.185. The van der Waals surface area contributed by atoms with E-state index in [1.54, 1.807) is 17.5 Å². The van der Waals surface area contributed by atoms with E-state index in [4.69, 9.17) is 0 Å². The van der Waals surface area contributed by atoms with Crippen molar-refractivity contribution in [1.29, 1.82) is 0 Å². The molecule has 4 heterocycles. The summed E-state index contributed by atoms with van der Waals surface area (Å²) < 4.78 is 40.5. The Morgan fingerprint density at radius 2 is 1.77 bits per heavy atom. The number of amides is 3. The summed E-state index contributed by atoms with van der Waals surface area (Å²) in [5.74, 6) is -3.40. The van der Waals surface area contributed by atoms with E-state index < -0.39 is 62.9 Å². The molecule has 43 heavy (non-hydrogen) atoms. The Labute approximate surface area is 251 Å². The van der Waals surface area contributed by atoms with E-state index in [2.05, 4.69) is 5.32 Å². The molecule has 0 spiro atoms. The number of thioether (sulfide) groups is 1. The van der Waals surface area contributed by atoms with E-state index in [1.807, 2.05) is 0 Å². The van der Waals surface area contributed by atoms with Crippen molar-refractivity contribution in [2.24, 2.45) is 5.92 Å². The standard InChI is InChI=1S/C27H17F3N4O6S3/c28-27(29,30)13-3-1-4-14(11-13)31-18(35)12-32-25-22(43-26(32)38)19(17-5-2-10-41-17)20-21(42-25)24(37)33(23(20)36)15-6-8-16(9-7-15)34(39)40/h1-11,19-21H,12H2,(H,31,35)/t19-,20?,21?/m1/s1. The van der Waals surface area contributed by atoms with Crippen molar-refractivity contribution >= 4 is 69.2 Å². The quantitative estimate of drug-likeness (QED) is 0.170. The minimum Gasteiger partial charge on any atom is -0.325 e. The molecule has 1 saturated heterocycles. The predicted octanol–water partition coefficient (Wildman–Crippen LogP) is 5.33. The number of nitro groups is 1. The van der Waals surface area contributed by atoms with Crippen molar-refractivity contribution in [1.82, 2.24) is 4.57 Å². The topological polar surface area (TPSA) is 132 Å². The van der Waals surface area contributed by atoms with Crippen molar-refractivity contribution in [3.63, 3.8) is 0 Å². The lowest BCUT2D eigenvalue weighted by Crippen LogP contribution is -2.32. The number of nitrogens with zero attached hydrogens (tertiary/aromatic N) is 3. The number of alkyl halides is 3. The summed E-state index contributed by atoms with van der Waals surface area (Å²) in [6.07, 6.45) is -4.61. The fourth-order valence-electron chi connectivity index (χ4n) is 5.13. The fourth-order valence-corrected chi connectivity index (χ4v) is 8.85. The molecule has 3 atom stereocenters. The summed E-state index contributed by atoms with van der Waals surface area (Å²) in [4.78, 5) is 65.7. The van der Waals surface area contributed by atoms with E-state index in [-0.39, 0.29) is 17.1 Å². The second-order valence-corrected chi connectivity index (χ2v) is 12.7. The van der Waals surface area contributed by atoms with Crippen molar-refractivity contribution in [2.45, 2.75) is 28.9 Å². The molecule has 6 rings (SSSR count). The second-order valence-electron chi connectivity index (χ2n) is 9.59. The number of imide groups is 1. The monoisotopic (exact) mass is 646 g/mol. The van der Waals surface area contributed by atoms with Gasteiger partial charge < -0.3 is 5.32 Å². The van der Waals surface area contributed by atoms with Crippen LogP contribution in [0.25, 0.3) is 0 Å². The van der Waals surface area contributed by atoms with E-state index in [9.17, 15) is 42.5 Å². The maximum atomic E-state index is 13.8. The number of thiazole rings is 1. The Morgan fingerprint density at radius 3 is 2.42 bits per heavy atom. The van der Waals surface area contributed by atoms with Gasteiger partial charge in [0.2, 0.25) is 17.7 Å². The van der Waals surface area contributed by atoms with Gasteiger partial charge in [-0.1, -0.05) is 35.2 Å². The molecule has 16 heteroatoms. The molecule has 2 aliphatic heterocycles. The summed E-state index contributed by atoms with van der Waals surface area (Å²) in [5.41, 5.74) is -1.09. The first kappa shape index (κ1) is 28.8. The zero-order valence-electron chi connectivity index (χ0n) is 21.4. The molecule has 0 saturated carbocycles. The molecule has 3 amide bonds. The molecular formula is C27H17F3N4O6S3. The number of hydrogen-bond acceptors (Lipinski definition) is 9. The van der Waals surface area contributed by atoms with E-state index in [0.717, 1.165) is 55.6 Å². The summed E-state index contributed by atoms with van der Waals surface area (Å²) >= 11 is 3.16. The van der Waals surface area contributed by atoms with E-state index in [0.29, 0.717) is 9.90 Å². The average molecular weight is 647 g/mol. The van der Waals surface area contributed by atoms with Gasteiger partial charge in [-0.15, -0.1) is 11.3 Å². The highest BCUT2D eigenvalue weighted by atomic mass is 32.2. The molecular weight excluding hydrogens is 630 g/mol. The normalized spacial score (nSPS) is 19.7. The van der Waals surface area contributed by atoms with Crippen LogP contribution in [0, 0.1) is 16.0 Å². The molecule has 2 aliphatic rings. The van der Waals surface area contributed by atoms with Gasteiger partial charge >= 0.3 is 11.0 Å². The number of nitro benzene ring substituents is 1. The van der Waals surface area contributed by atoms with Crippen LogP contribution in [0.1, 0.15) is 21.2 Å². The molecule has 2 aromatic carbocycles. The van der Waals surface area contributed by atoms with E-state index in [1.165, 1.54) is 41.7 Å². The number of carbonyl (C=O) groups is 3. The molecule has 4 aromatic rings. The van der Waals surface area contributed by atoms with Gasteiger partial charge in [0.05, 0.1) is 27.1 Å². The zero-order chi connectivity index (χ0) is 30.6. The van der Waals surface area contributed by atoms with Crippen LogP contribution in [0.4, 0.5) is 30.2 Å². The van der Waals surface area contributed by atoms with Gasteiger partial charge in [0.25, 0.3) is 5.69 Å². The van der Waals surface area contributed by atoms with Crippen LogP contribution in [0.5, 0.6) is 0 Å².